The van der Waals surface area contributed by atoms with Crippen molar-refractivity contribution in [2.24, 2.45) is 0 Å². The number of hydrogen-bond acceptors (Lipinski definition) is 3. The van der Waals surface area contributed by atoms with Crippen LogP contribution in [-0.2, 0) is 16.6 Å². The Labute approximate surface area is 175 Å². The van der Waals surface area contributed by atoms with E-state index in [1.54, 1.807) is 48.5 Å². The number of rotatable bonds is 3. The predicted octanol–water partition coefficient (Wildman–Crippen LogP) is 5.29. The van der Waals surface area contributed by atoms with Gasteiger partial charge in [0.05, 0.1) is 17.9 Å². The fourth-order valence-electron chi connectivity index (χ4n) is 3.60. The van der Waals surface area contributed by atoms with Crippen LogP contribution < -0.4 is 9.21 Å². The van der Waals surface area contributed by atoms with Crippen LogP contribution in [0.5, 0.6) is 0 Å². The van der Waals surface area contributed by atoms with Crippen molar-refractivity contribution in [1.29, 1.82) is 0 Å². The predicted molar refractivity (Wildman–Crippen MR) is 115 cm³/mol. The Morgan fingerprint density at radius 3 is 2.28 bits per heavy atom. The maximum Gasteiger partial charge on any atom is 0.343 e. The maximum absolute atomic E-state index is 13.5. The standard InChI is InChI=1S/C22H19ClN2O3S/c1-15-10-16(2)12-19(11-15)25-22(26)24(14-17-6-5-7-18(23)13-17)20-8-3-4-9-21(20)29(25,27)28/h3-13H,14H2,1-2H3. The molecule has 0 atom stereocenters. The quantitative estimate of drug-likeness (QED) is 0.571. The molecule has 1 aliphatic rings. The molecule has 29 heavy (non-hydrogen) atoms. The van der Waals surface area contributed by atoms with Crippen molar-refractivity contribution in [3.63, 3.8) is 0 Å². The summed E-state index contributed by atoms with van der Waals surface area (Å²) in [5, 5.41) is 0.555. The van der Waals surface area contributed by atoms with E-state index in [9.17, 15) is 13.2 Å². The monoisotopic (exact) mass is 426 g/mol. The highest BCUT2D eigenvalue weighted by Gasteiger charge is 2.42. The second-order valence-electron chi connectivity index (χ2n) is 7.08. The molecular formula is C22H19ClN2O3S. The molecule has 4 rings (SSSR count). The minimum atomic E-state index is -4.04. The van der Waals surface area contributed by atoms with Gasteiger partial charge >= 0.3 is 6.03 Å². The van der Waals surface area contributed by atoms with Crippen LogP contribution >= 0.6 is 11.6 Å². The number of carbonyl (C=O) groups excluding carboxylic acids is 1. The summed E-state index contributed by atoms with van der Waals surface area (Å²) in [4.78, 5) is 15.0. The van der Waals surface area contributed by atoms with E-state index in [2.05, 4.69) is 0 Å². The van der Waals surface area contributed by atoms with Crippen molar-refractivity contribution >= 4 is 39.0 Å². The summed E-state index contributed by atoms with van der Waals surface area (Å²) in [6.45, 7) is 3.94. The maximum atomic E-state index is 13.5. The topological polar surface area (TPSA) is 57.7 Å². The summed E-state index contributed by atoms with van der Waals surface area (Å²) in [5.74, 6) is 0. The van der Waals surface area contributed by atoms with Crippen molar-refractivity contribution in [2.45, 2.75) is 25.3 Å². The number of halogens is 1. The largest absolute Gasteiger partial charge is 0.343 e. The summed E-state index contributed by atoms with van der Waals surface area (Å²) in [7, 11) is -4.04. The van der Waals surface area contributed by atoms with E-state index in [0.29, 0.717) is 16.4 Å². The zero-order valence-corrected chi connectivity index (χ0v) is 17.5. The number of carbonyl (C=O) groups is 1. The Hall–Kier alpha value is -2.83. The van der Waals surface area contributed by atoms with E-state index >= 15 is 0 Å². The second-order valence-corrected chi connectivity index (χ2v) is 9.27. The van der Waals surface area contributed by atoms with Crippen LogP contribution in [0.15, 0.2) is 71.6 Å². The van der Waals surface area contributed by atoms with Gasteiger partial charge in [-0.05, 0) is 66.9 Å². The fourth-order valence-corrected chi connectivity index (χ4v) is 5.39. The molecule has 3 aromatic rings. The molecule has 148 valence electrons. The van der Waals surface area contributed by atoms with E-state index in [4.69, 9.17) is 11.6 Å². The molecule has 5 nitrogen and oxygen atoms in total. The lowest BCUT2D eigenvalue weighted by atomic mass is 10.1. The first-order valence-corrected chi connectivity index (χ1v) is 10.9. The summed E-state index contributed by atoms with van der Waals surface area (Å²) < 4.78 is 27.6. The van der Waals surface area contributed by atoms with Crippen LogP contribution in [0.2, 0.25) is 5.02 Å². The number of fused-ring (bicyclic) bond motifs is 1. The Morgan fingerprint density at radius 1 is 0.897 bits per heavy atom. The molecule has 2 amide bonds. The summed E-state index contributed by atoms with van der Waals surface area (Å²) >= 11 is 6.09. The normalized spacial score (nSPS) is 15.3. The summed E-state index contributed by atoms with van der Waals surface area (Å²) in [6, 6.07) is 18.4. The molecule has 0 spiro atoms. The van der Waals surface area contributed by atoms with Gasteiger partial charge in [-0.3, -0.25) is 4.90 Å². The lowest BCUT2D eigenvalue weighted by Crippen LogP contribution is -2.50. The molecule has 0 aliphatic carbocycles. The van der Waals surface area contributed by atoms with Crippen molar-refractivity contribution in [1.82, 2.24) is 0 Å². The molecule has 0 N–H and O–H groups in total. The van der Waals surface area contributed by atoms with Crippen LogP contribution in [0, 0.1) is 13.8 Å². The molecule has 0 fully saturated rings. The SMILES string of the molecule is Cc1cc(C)cc(N2C(=O)N(Cc3cccc(Cl)c3)c3ccccc3S2(=O)=O)c1. The zero-order valence-electron chi connectivity index (χ0n) is 16.0. The van der Waals surface area contributed by atoms with Gasteiger partial charge in [-0.2, -0.15) is 4.31 Å². The highest BCUT2D eigenvalue weighted by Crippen LogP contribution is 2.38. The number of benzene rings is 3. The molecule has 0 saturated heterocycles. The van der Waals surface area contributed by atoms with Gasteiger partial charge in [0.15, 0.2) is 0 Å². The smallest absolute Gasteiger partial charge is 0.287 e. The van der Waals surface area contributed by atoms with Crippen molar-refractivity contribution < 1.29 is 13.2 Å². The van der Waals surface area contributed by atoms with Crippen LogP contribution in [-0.4, -0.2) is 14.4 Å². The third-order valence-corrected chi connectivity index (χ3v) is 6.73. The van der Waals surface area contributed by atoms with E-state index in [1.807, 2.05) is 26.0 Å². The van der Waals surface area contributed by atoms with E-state index in [1.165, 1.54) is 11.0 Å². The molecule has 0 bridgehead atoms. The molecule has 1 heterocycles. The van der Waals surface area contributed by atoms with Crippen molar-refractivity contribution in [2.75, 3.05) is 9.21 Å². The number of anilines is 2. The summed E-state index contributed by atoms with van der Waals surface area (Å²) in [5.41, 5.74) is 3.25. The first-order chi connectivity index (χ1) is 13.8. The molecule has 0 unspecified atom stereocenters. The van der Waals surface area contributed by atoms with Gasteiger partial charge in [0.1, 0.15) is 4.90 Å². The molecule has 3 aromatic carbocycles. The van der Waals surface area contributed by atoms with Crippen LogP contribution in [0.4, 0.5) is 16.2 Å². The fraction of sp³-hybridized carbons (Fsp3) is 0.136. The third-order valence-electron chi connectivity index (χ3n) is 4.75. The number of aryl methyl sites for hydroxylation is 2. The van der Waals surface area contributed by atoms with Crippen LogP contribution in [0.1, 0.15) is 16.7 Å². The second kappa shape index (κ2) is 7.21. The zero-order chi connectivity index (χ0) is 20.8. The Bertz CT molecular complexity index is 1200. The minimum Gasteiger partial charge on any atom is -0.287 e. The average Bonchev–Trinajstić information content (AvgIpc) is 2.64. The minimum absolute atomic E-state index is 0.0980. The number of para-hydroxylation sites is 1. The first-order valence-electron chi connectivity index (χ1n) is 9.06. The first kappa shape index (κ1) is 19.5. The molecule has 0 radical (unpaired) electrons. The molecule has 1 aliphatic heterocycles. The number of nitrogens with zero attached hydrogens (tertiary/aromatic N) is 2. The van der Waals surface area contributed by atoms with Crippen LogP contribution in [0.3, 0.4) is 0 Å². The van der Waals surface area contributed by atoms with Crippen molar-refractivity contribution in [3.05, 3.63) is 88.4 Å². The van der Waals surface area contributed by atoms with Gasteiger partial charge in [0.2, 0.25) is 0 Å². The van der Waals surface area contributed by atoms with Gasteiger partial charge < -0.3 is 0 Å². The van der Waals surface area contributed by atoms with E-state index in [-0.39, 0.29) is 11.4 Å². The molecule has 0 aromatic heterocycles. The Morgan fingerprint density at radius 2 is 1.59 bits per heavy atom. The lowest BCUT2D eigenvalue weighted by Gasteiger charge is -2.36. The third kappa shape index (κ3) is 3.50. The molecule has 7 heteroatoms. The van der Waals surface area contributed by atoms with E-state index in [0.717, 1.165) is 21.0 Å². The van der Waals surface area contributed by atoms with Gasteiger partial charge in [0, 0.05) is 5.02 Å². The molecular weight excluding hydrogens is 408 g/mol. The van der Waals surface area contributed by atoms with E-state index < -0.39 is 16.1 Å². The highest BCUT2D eigenvalue weighted by atomic mass is 35.5. The number of hydrogen-bond donors (Lipinski definition) is 0. The van der Waals surface area contributed by atoms with Gasteiger partial charge in [0.25, 0.3) is 10.0 Å². The van der Waals surface area contributed by atoms with Gasteiger partial charge in [-0.25, -0.2) is 13.2 Å². The van der Waals surface area contributed by atoms with Gasteiger partial charge in [-0.1, -0.05) is 41.9 Å². The van der Waals surface area contributed by atoms with Crippen molar-refractivity contribution in [3.8, 4) is 0 Å². The van der Waals surface area contributed by atoms with Gasteiger partial charge in [-0.15, -0.1) is 0 Å². The van der Waals surface area contributed by atoms with Crippen LogP contribution in [0.25, 0.3) is 0 Å². The Balaban J connectivity index is 1.89. The Kier molecular flexibility index (Phi) is 4.84. The molecule has 0 saturated carbocycles. The average molecular weight is 427 g/mol. The number of sulfonamides is 1. The highest BCUT2D eigenvalue weighted by molar-refractivity contribution is 7.94. The number of amides is 2. The lowest BCUT2D eigenvalue weighted by molar-refractivity contribution is 0.253. The number of urea groups is 1. The summed E-state index contributed by atoms with van der Waals surface area (Å²) in [6.07, 6.45) is 0.